The Morgan fingerprint density at radius 3 is 2.58 bits per heavy atom. The minimum Gasteiger partial charge on any atom is -0.395 e. The zero-order valence-corrected chi connectivity index (χ0v) is 19.0. The summed E-state index contributed by atoms with van der Waals surface area (Å²) in [6, 6.07) is 8.80. The summed E-state index contributed by atoms with van der Waals surface area (Å²) in [6.07, 6.45) is 1.89. The standard InChI is InChI=1S/C23H30N6O4/c1-15-14-33-12-10-28(15)20-13-19(22(31)27(2)9-11-30)25-21(26-20)16-3-5-17(6-4-16)29(23(24)32)18-7-8-18/h3-6,13,15,18,30H,7-12,14H2,1-2H3,(H2,24,32)/t15-/m0/s1. The van der Waals surface area contributed by atoms with Gasteiger partial charge in [0.2, 0.25) is 0 Å². The van der Waals surface area contributed by atoms with E-state index in [-0.39, 0.29) is 36.8 Å². The van der Waals surface area contributed by atoms with E-state index in [1.165, 1.54) is 4.90 Å². The normalized spacial score (nSPS) is 18.2. The molecule has 2 aromatic rings. The van der Waals surface area contributed by atoms with E-state index in [9.17, 15) is 14.7 Å². The van der Waals surface area contributed by atoms with E-state index < -0.39 is 6.03 Å². The summed E-state index contributed by atoms with van der Waals surface area (Å²) in [5.74, 6) is 0.771. The number of nitrogens with two attached hydrogens (primary N) is 1. The van der Waals surface area contributed by atoms with Crippen LogP contribution < -0.4 is 15.5 Å². The molecule has 1 saturated heterocycles. The molecule has 4 rings (SSSR count). The first kappa shape index (κ1) is 22.9. The molecule has 2 aliphatic rings. The fourth-order valence-electron chi connectivity index (χ4n) is 3.96. The molecule has 3 amide bonds. The molecular weight excluding hydrogens is 424 g/mol. The fraction of sp³-hybridized carbons (Fsp3) is 0.478. The van der Waals surface area contributed by atoms with Crippen molar-refractivity contribution < 1.29 is 19.4 Å². The molecule has 0 spiro atoms. The molecule has 1 aliphatic heterocycles. The highest BCUT2D eigenvalue weighted by Crippen LogP contribution is 2.32. The van der Waals surface area contributed by atoms with Gasteiger partial charge in [-0.3, -0.25) is 9.69 Å². The maximum atomic E-state index is 13.0. The van der Waals surface area contributed by atoms with Crippen LogP contribution >= 0.6 is 0 Å². The van der Waals surface area contributed by atoms with Gasteiger partial charge in [-0.25, -0.2) is 14.8 Å². The molecule has 1 aromatic heterocycles. The summed E-state index contributed by atoms with van der Waals surface area (Å²) in [7, 11) is 1.63. The van der Waals surface area contributed by atoms with Crippen molar-refractivity contribution in [3.63, 3.8) is 0 Å². The van der Waals surface area contributed by atoms with Gasteiger partial charge < -0.3 is 25.4 Å². The third kappa shape index (κ3) is 5.07. The number of likely N-dealkylation sites (N-methyl/N-ethyl adjacent to an activating group) is 1. The third-order valence-electron chi connectivity index (χ3n) is 5.93. The predicted molar refractivity (Wildman–Crippen MR) is 124 cm³/mol. The van der Waals surface area contributed by atoms with Crippen LogP contribution in [0.3, 0.4) is 0 Å². The van der Waals surface area contributed by atoms with E-state index in [1.807, 2.05) is 31.2 Å². The fourth-order valence-corrected chi connectivity index (χ4v) is 3.96. The first-order chi connectivity index (χ1) is 15.9. The number of carbonyl (C=O) groups is 2. The Morgan fingerprint density at radius 1 is 1.24 bits per heavy atom. The summed E-state index contributed by atoms with van der Waals surface area (Å²) in [5, 5.41) is 9.23. The quantitative estimate of drug-likeness (QED) is 0.649. The lowest BCUT2D eigenvalue weighted by Gasteiger charge is -2.34. The van der Waals surface area contributed by atoms with Gasteiger partial charge in [0.1, 0.15) is 11.5 Å². The lowest BCUT2D eigenvalue weighted by atomic mass is 10.1. The monoisotopic (exact) mass is 454 g/mol. The molecule has 1 aromatic carbocycles. The van der Waals surface area contributed by atoms with Gasteiger partial charge in [0.25, 0.3) is 5.91 Å². The molecule has 10 nitrogen and oxygen atoms in total. The number of ether oxygens (including phenoxy) is 1. The number of benzene rings is 1. The van der Waals surface area contributed by atoms with Crippen LogP contribution in [0.5, 0.6) is 0 Å². The van der Waals surface area contributed by atoms with Crippen molar-refractivity contribution >= 4 is 23.4 Å². The number of aromatic nitrogens is 2. The van der Waals surface area contributed by atoms with E-state index in [1.54, 1.807) is 18.0 Å². The Bertz CT molecular complexity index is 1010. The molecule has 1 atom stereocenters. The maximum Gasteiger partial charge on any atom is 0.319 e. The van der Waals surface area contributed by atoms with Crippen LogP contribution in [0.2, 0.25) is 0 Å². The lowest BCUT2D eigenvalue weighted by molar-refractivity contribution is 0.0761. The van der Waals surface area contributed by atoms with Gasteiger partial charge >= 0.3 is 6.03 Å². The van der Waals surface area contributed by atoms with Crippen LogP contribution in [-0.2, 0) is 4.74 Å². The topological polar surface area (TPSA) is 125 Å². The highest BCUT2D eigenvalue weighted by Gasteiger charge is 2.32. The van der Waals surface area contributed by atoms with E-state index in [4.69, 9.17) is 15.5 Å². The zero-order chi connectivity index (χ0) is 23.5. The van der Waals surface area contributed by atoms with Crippen LogP contribution in [0, 0.1) is 0 Å². The number of nitrogens with zero attached hydrogens (tertiary/aromatic N) is 5. The van der Waals surface area contributed by atoms with Crippen molar-refractivity contribution in [2.75, 3.05) is 49.8 Å². The molecule has 1 aliphatic carbocycles. The number of morpholine rings is 1. The molecule has 33 heavy (non-hydrogen) atoms. The zero-order valence-electron chi connectivity index (χ0n) is 19.0. The molecule has 0 radical (unpaired) electrons. The van der Waals surface area contributed by atoms with Crippen LogP contribution in [0.15, 0.2) is 30.3 Å². The average molecular weight is 455 g/mol. The Hall–Kier alpha value is -3.24. The predicted octanol–water partition coefficient (Wildman–Crippen LogP) is 1.48. The second kappa shape index (κ2) is 9.72. The lowest BCUT2D eigenvalue weighted by Crippen LogP contribution is -2.44. The van der Waals surface area contributed by atoms with E-state index in [0.717, 1.165) is 24.1 Å². The first-order valence-electron chi connectivity index (χ1n) is 11.2. The number of primary amides is 1. The van der Waals surface area contributed by atoms with E-state index in [0.29, 0.717) is 31.4 Å². The Balaban J connectivity index is 1.70. The Labute approximate surface area is 193 Å². The maximum absolute atomic E-state index is 13.0. The van der Waals surface area contributed by atoms with E-state index >= 15 is 0 Å². The molecule has 2 heterocycles. The minimum absolute atomic E-state index is 0.102. The highest BCUT2D eigenvalue weighted by molar-refractivity contribution is 5.94. The average Bonchev–Trinajstić information content (AvgIpc) is 3.64. The van der Waals surface area contributed by atoms with Gasteiger partial charge in [0, 0.05) is 43.5 Å². The number of carbonyl (C=O) groups excluding carboxylic acids is 2. The number of hydrogen-bond acceptors (Lipinski definition) is 7. The van der Waals surface area contributed by atoms with Gasteiger partial charge in [-0.1, -0.05) is 0 Å². The number of anilines is 2. The molecule has 176 valence electrons. The van der Waals surface area contributed by atoms with Gasteiger partial charge in [-0.2, -0.15) is 0 Å². The number of amides is 3. The molecule has 2 fully saturated rings. The number of aliphatic hydroxyl groups excluding tert-OH is 1. The Morgan fingerprint density at radius 2 is 1.97 bits per heavy atom. The smallest absolute Gasteiger partial charge is 0.319 e. The summed E-state index contributed by atoms with van der Waals surface area (Å²) < 4.78 is 5.55. The molecule has 3 N–H and O–H groups in total. The van der Waals surface area contributed by atoms with Crippen LogP contribution in [0.4, 0.5) is 16.3 Å². The highest BCUT2D eigenvalue weighted by atomic mass is 16.5. The number of urea groups is 1. The van der Waals surface area contributed by atoms with Crippen molar-refractivity contribution in [2.45, 2.75) is 31.8 Å². The van der Waals surface area contributed by atoms with Crippen LogP contribution in [0.25, 0.3) is 11.4 Å². The molecule has 1 saturated carbocycles. The van der Waals surface area contributed by atoms with Gasteiger partial charge in [-0.15, -0.1) is 0 Å². The summed E-state index contributed by atoms with van der Waals surface area (Å²) in [4.78, 5) is 39.3. The molecule has 0 bridgehead atoms. The second-order valence-electron chi connectivity index (χ2n) is 8.49. The van der Waals surface area contributed by atoms with Gasteiger partial charge in [0.15, 0.2) is 5.82 Å². The Kier molecular flexibility index (Phi) is 6.75. The van der Waals surface area contributed by atoms with Crippen molar-refractivity contribution in [3.05, 3.63) is 36.0 Å². The van der Waals surface area contributed by atoms with Crippen molar-refractivity contribution in [3.8, 4) is 11.4 Å². The SMILES string of the molecule is C[C@H]1COCCN1c1cc(C(=O)N(C)CCO)nc(-c2ccc(N(C(N)=O)C3CC3)cc2)n1. The molecule has 0 unspecified atom stereocenters. The van der Waals surface area contributed by atoms with Crippen molar-refractivity contribution in [1.82, 2.24) is 14.9 Å². The number of rotatable bonds is 7. The number of hydrogen-bond donors (Lipinski definition) is 2. The molecule has 10 heteroatoms. The largest absolute Gasteiger partial charge is 0.395 e. The third-order valence-corrected chi connectivity index (χ3v) is 5.93. The second-order valence-corrected chi connectivity index (χ2v) is 8.49. The van der Waals surface area contributed by atoms with Crippen LogP contribution in [0.1, 0.15) is 30.3 Å². The summed E-state index contributed by atoms with van der Waals surface area (Å²) in [5.41, 5.74) is 7.27. The summed E-state index contributed by atoms with van der Waals surface area (Å²) >= 11 is 0. The van der Waals surface area contributed by atoms with Gasteiger partial charge in [0.05, 0.1) is 25.9 Å². The number of aliphatic hydroxyl groups is 1. The van der Waals surface area contributed by atoms with Crippen LogP contribution in [-0.4, -0.2) is 84.0 Å². The van der Waals surface area contributed by atoms with Gasteiger partial charge in [-0.05, 0) is 44.0 Å². The van der Waals surface area contributed by atoms with E-state index in [2.05, 4.69) is 9.88 Å². The minimum atomic E-state index is -0.468. The van der Waals surface area contributed by atoms with Crippen molar-refractivity contribution in [1.29, 1.82) is 0 Å². The van der Waals surface area contributed by atoms with Crippen molar-refractivity contribution in [2.24, 2.45) is 5.73 Å². The molecular formula is C23H30N6O4. The first-order valence-corrected chi connectivity index (χ1v) is 11.2. The summed E-state index contributed by atoms with van der Waals surface area (Å²) in [6.45, 7) is 3.94.